The molecule has 0 aliphatic heterocycles. The van der Waals surface area contributed by atoms with E-state index in [1.54, 1.807) is 25.3 Å². The highest BCUT2D eigenvalue weighted by molar-refractivity contribution is 5.97. The van der Waals surface area contributed by atoms with Crippen LogP contribution in [0.15, 0.2) is 54.7 Å². The molecule has 1 aliphatic rings. The van der Waals surface area contributed by atoms with E-state index in [2.05, 4.69) is 20.6 Å². The molecule has 0 radical (unpaired) electrons. The number of aromatic nitrogens is 2. The second-order valence-electron chi connectivity index (χ2n) is 7.24. The zero-order valence-electron chi connectivity index (χ0n) is 16.1. The Labute approximate surface area is 168 Å². The Balaban J connectivity index is 1.37. The number of pyridine rings is 1. The Morgan fingerprint density at radius 2 is 1.97 bits per heavy atom. The molecule has 0 saturated carbocycles. The van der Waals surface area contributed by atoms with Crippen LogP contribution in [0.4, 0.5) is 5.82 Å². The smallest absolute Gasteiger partial charge is 0.268 e. The van der Waals surface area contributed by atoms with Crippen molar-refractivity contribution in [2.45, 2.75) is 31.8 Å². The van der Waals surface area contributed by atoms with Gasteiger partial charge in [-0.05, 0) is 48.6 Å². The van der Waals surface area contributed by atoms with Crippen molar-refractivity contribution in [3.8, 4) is 11.1 Å². The van der Waals surface area contributed by atoms with Gasteiger partial charge in [0.25, 0.3) is 5.91 Å². The molecule has 2 atom stereocenters. The summed E-state index contributed by atoms with van der Waals surface area (Å²) in [4.78, 5) is 32.4. The van der Waals surface area contributed by atoms with Gasteiger partial charge in [0.2, 0.25) is 5.91 Å². The molecule has 7 heteroatoms. The third-order valence-electron chi connectivity index (χ3n) is 5.17. The number of nitrogens with zero attached hydrogens (tertiary/aromatic N) is 1. The Hall–Kier alpha value is -3.61. The van der Waals surface area contributed by atoms with Crippen molar-refractivity contribution >= 4 is 17.6 Å². The van der Waals surface area contributed by atoms with E-state index >= 15 is 0 Å². The summed E-state index contributed by atoms with van der Waals surface area (Å²) in [5, 5.41) is 5.75. The van der Waals surface area contributed by atoms with Crippen LogP contribution in [-0.2, 0) is 11.2 Å². The number of H-pyrrole nitrogens is 1. The molecule has 0 saturated heterocycles. The molecule has 0 spiro atoms. The SMILES string of the molecule is CC(NC(=O)c1cc(-c2ccccc2)c[nH]1)C(=O)N[C@H]1CCc2nc(N)ccc21. The summed E-state index contributed by atoms with van der Waals surface area (Å²) in [5.41, 5.74) is 9.98. The van der Waals surface area contributed by atoms with Gasteiger partial charge in [-0.3, -0.25) is 9.59 Å². The maximum Gasteiger partial charge on any atom is 0.268 e. The minimum Gasteiger partial charge on any atom is -0.384 e. The topological polar surface area (TPSA) is 113 Å². The zero-order valence-corrected chi connectivity index (χ0v) is 16.1. The van der Waals surface area contributed by atoms with Crippen molar-refractivity contribution in [1.82, 2.24) is 20.6 Å². The Morgan fingerprint density at radius 1 is 1.17 bits per heavy atom. The lowest BCUT2D eigenvalue weighted by molar-refractivity contribution is -0.123. The van der Waals surface area contributed by atoms with Crippen LogP contribution >= 0.6 is 0 Å². The maximum absolute atomic E-state index is 12.6. The summed E-state index contributed by atoms with van der Waals surface area (Å²) in [6.45, 7) is 1.67. The quantitative estimate of drug-likeness (QED) is 0.537. The Bertz CT molecular complexity index is 1040. The predicted molar refractivity (Wildman–Crippen MR) is 111 cm³/mol. The van der Waals surface area contributed by atoms with Gasteiger partial charge in [0.15, 0.2) is 0 Å². The number of aromatic amines is 1. The fourth-order valence-electron chi connectivity index (χ4n) is 3.59. The number of nitrogens with one attached hydrogen (secondary N) is 3. The molecule has 1 aliphatic carbocycles. The molecule has 2 aromatic heterocycles. The van der Waals surface area contributed by atoms with Crippen LogP contribution in [0.3, 0.4) is 0 Å². The van der Waals surface area contributed by atoms with Gasteiger partial charge >= 0.3 is 0 Å². The fraction of sp³-hybridized carbons (Fsp3) is 0.227. The van der Waals surface area contributed by atoms with E-state index in [-0.39, 0.29) is 17.9 Å². The molecular weight excluding hydrogens is 366 g/mol. The summed E-state index contributed by atoms with van der Waals surface area (Å²) in [6.07, 6.45) is 3.33. The van der Waals surface area contributed by atoms with Crippen LogP contribution in [-0.4, -0.2) is 27.8 Å². The molecule has 4 rings (SSSR count). The van der Waals surface area contributed by atoms with E-state index < -0.39 is 6.04 Å². The van der Waals surface area contributed by atoms with Crippen molar-refractivity contribution in [2.75, 3.05) is 5.73 Å². The lowest BCUT2D eigenvalue weighted by atomic mass is 10.1. The van der Waals surface area contributed by atoms with Crippen LogP contribution in [0.5, 0.6) is 0 Å². The van der Waals surface area contributed by atoms with Gasteiger partial charge in [-0.2, -0.15) is 0 Å². The van der Waals surface area contributed by atoms with E-state index in [1.807, 2.05) is 36.4 Å². The molecule has 7 nitrogen and oxygen atoms in total. The first-order valence-electron chi connectivity index (χ1n) is 9.61. The molecular formula is C22H23N5O2. The number of fused-ring (bicyclic) bond motifs is 1. The van der Waals surface area contributed by atoms with Crippen LogP contribution < -0.4 is 16.4 Å². The first-order valence-corrected chi connectivity index (χ1v) is 9.61. The van der Waals surface area contributed by atoms with Crippen LogP contribution in [0, 0.1) is 0 Å². The summed E-state index contributed by atoms with van der Waals surface area (Å²) >= 11 is 0. The average molecular weight is 389 g/mol. The molecule has 29 heavy (non-hydrogen) atoms. The number of nitrogen functional groups attached to an aromatic ring is 1. The standard InChI is InChI=1S/C22H23N5O2/c1-13(21(28)27-18-9-8-17-16(18)7-10-20(23)26-17)25-22(29)19-11-15(12-24-19)14-5-3-2-4-6-14/h2-7,10-13,18,24H,8-9H2,1H3,(H2,23,26)(H,25,29)(H,27,28)/t13?,18-/m0/s1. The van der Waals surface area contributed by atoms with E-state index in [0.29, 0.717) is 11.5 Å². The van der Waals surface area contributed by atoms with Crippen LogP contribution in [0.25, 0.3) is 11.1 Å². The number of nitrogens with two attached hydrogens (primary N) is 1. The van der Waals surface area contributed by atoms with E-state index in [9.17, 15) is 9.59 Å². The van der Waals surface area contributed by atoms with E-state index in [1.165, 1.54) is 0 Å². The Kier molecular flexibility index (Phi) is 5.03. The van der Waals surface area contributed by atoms with Crippen LogP contribution in [0.1, 0.15) is 41.1 Å². The largest absolute Gasteiger partial charge is 0.384 e. The zero-order chi connectivity index (χ0) is 20.4. The summed E-state index contributed by atoms with van der Waals surface area (Å²) in [7, 11) is 0. The van der Waals surface area contributed by atoms with Gasteiger partial charge in [0, 0.05) is 11.9 Å². The number of carbonyl (C=O) groups is 2. The summed E-state index contributed by atoms with van der Waals surface area (Å²) < 4.78 is 0. The minimum atomic E-state index is -0.670. The van der Waals surface area contributed by atoms with E-state index in [0.717, 1.165) is 35.2 Å². The number of aryl methyl sites for hydroxylation is 1. The number of hydrogen-bond donors (Lipinski definition) is 4. The highest BCUT2D eigenvalue weighted by Crippen LogP contribution is 2.30. The highest BCUT2D eigenvalue weighted by atomic mass is 16.2. The molecule has 3 aromatic rings. The number of benzene rings is 1. The van der Waals surface area contributed by atoms with Gasteiger partial charge in [0.05, 0.1) is 6.04 Å². The molecule has 1 unspecified atom stereocenters. The molecule has 5 N–H and O–H groups in total. The first-order chi connectivity index (χ1) is 14.0. The summed E-state index contributed by atoms with van der Waals surface area (Å²) in [6, 6.07) is 14.4. The molecule has 0 fully saturated rings. The third-order valence-corrected chi connectivity index (χ3v) is 5.17. The summed E-state index contributed by atoms with van der Waals surface area (Å²) in [5.74, 6) is -0.0730. The molecule has 148 valence electrons. The number of hydrogen-bond acceptors (Lipinski definition) is 4. The van der Waals surface area contributed by atoms with Gasteiger partial charge in [-0.15, -0.1) is 0 Å². The maximum atomic E-state index is 12.6. The monoisotopic (exact) mass is 389 g/mol. The van der Waals surface area contributed by atoms with Crippen molar-refractivity contribution in [1.29, 1.82) is 0 Å². The lowest BCUT2D eigenvalue weighted by Crippen LogP contribution is -2.45. The molecule has 2 heterocycles. The van der Waals surface area contributed by atoms with Crippen molar-refractivity contribution in [3.05, 3.63) is 71.7 Å². The van der Waals surface area contributed by atoms with Crippen molar-refractivity contribution < 1.29 is 9.59 Å². The normalized spacial score (nSPS) is 16.1. The number of anilines is 1. The molecule has 1 aromatic carbocycles. The van der Waals surface area contributed by atoms with Crippen molar-refractivity contribution in [3.63, 3.8) is 0 Å². The third kappa shape index (κ3) is 3.99. The minimum absolute atomic E-state index is 0.111. The second kappa shape index (κ2) is 7.79. The lowest BCUT2D eigenvalue weighted by Gasteiger charge is -2.18. The average Bonchev–Trinajstić information content (AvgIpc) is 3.36. The second-order valence-corrected chi connectivity index (χ2v) is 7.24. The van der Waals surface area contributed by atoms with E-state index in [4.69, 9.17) is 5.73 Å². The fourth-order valence-corrected chi connectivity index (χ4v) is 3.59. The number of carbonyl (C=O) groups excluding carboxylic acids is 2. The van der Waals surface area contributed by atoms with Gasteiger partial charge < -0.3 is 21.4 Å². The number of rotatable bonds is 5. The van der Waals surface area contributed by atoms with Gasteiger partial charge in [-0.25, -0.2) is 4.98 Å². The predicted octanol–water partition coefficient (Wildman–Crippen LogP) is 2.58. The molecule has 0 bridgehead atoms. The van der Waals surface area contributed by atoms with Gasteiger partial charge in [-0.1, -0.05) is 36.4 Å². The van der Waals surface area contributed by atoms with Crippen molar-refractivity contribution in [2.24, 2.45) is 0 Å². The number of amides is 2. The molecule has 2 amide bonds. The Morgan fingerprint density at radius 3 is 2.76 bits per heavy atom. The van der Waals surface area contributed by atoms with Gasteiger partial charge in [0.1, 0.15) is 17.6 Å². The van der Waals surface area contributed by atoms with Crippen LogP contribution in [0.2, 0.25) is 0 Å². The highest BCUT2D eigenvalue weighted by Gasteiger charge is 2.27. The first kappa shape index (κ1) is 18.7.